The summed E-state index contributed by atoms with van der Waals surface area (Å²) < 4.78 is 12.7. The topological polar surface area (TPSA) is 34.6 Å². The van der Waals surface area contributed by atoms with Gasteiger partial charge in [0.05, 0.1) is 16.8 Å². The zero-order valence-corrected chi connectivity index (χ0v) is 15.5. The first-order valence-electron chi connectivity index (χ1n) is 8.31. The Morgan fingerprint density at radius 1 is 1.28 bits per heavy atom. The number of thiocarbonyl (C=S) groups is 1. The van der Waals surface area contributed by atoms with E-state index in [0.717, 1.165) is 39.6 Å². The Bertz CT molecular complexity index is 895. The monoisotopic (exact) mass is 370 g/mol. The highest BCUT2D eigenvalue weighted by molar-refractivity contribution is 7.80. The molecule has 6 heteroatoms. The van der Waals surface area contributed by atoms with Crippen LogP contribution in [0.3, 0.4) is 0 Å². The molecule has 0 amide bonds. The van der Waals surface area contributed by atoms with Crippen LogP contribution in [0.1, 0.15) is 25.0 Å². The van der Waals surface area contributed by atoms with Crippen LogP contribution < -0.4 is 9.64 Å². The SMILES string of the molecule is CCOc1ccc2nc(N3CCC(c4ccccc4)OC3=S)sc2c1. The summed E-state index contributed by atoms with van der Waals surface area (Å²) in [6.07, 6.45) is 0.897. The molecule has 2 heterocycles. The fourth-order valence-electron chi connectivity index (χ4n) is 2.92. The fraction of sp³-hybridized carbons (Fsp3) is 0.263. The summed E-state index contributed by atoms with van der Waals surface area (Å²) >= 11 is 7.12. The summed E-state index contributed by atoms with van der Waals surface area (Å²) in [6, 6.07) is 16.2. The number of rotatable bonds is 4. The van der Waals surface area contributed by atoms with Crippen molar-refractivity contribution in [1.82, 2.24) is 4.98 Å². The molecule has 3 aromatic rings. The van der Waals surface area contributed by atoms with Gasteiger partial charge in [0.25, 0.3) is 5.17 Å². The maximum absolute atomic E-state index is 6.00. The number of hydrogen-bond acceptors (Lipinski definition) is 5. The van der Waals surface area contributed by atoms with Gasteiger partial charge in [0.2, 0.25) is 0 Å². The van der Waals surface area contributed by atoms with Crippen molar-refractivity contribution in [2.45, 2.75) is 19.4 Å². The van der Waals surface area contributed by atoms with Gasteiger partial charge >= 0.3 is 0 Å². The number of hydrogen-bond donors (Lipinski definition) is 0. The Labute approximate surface area is 156 Å². The molecule has 4 rings (SSSR count). The minimum atomic E-state index is 0.0175. The molecule has 4 nitrogen and oxygen atoms in total. The minimum absolute atomic E-state index is 0.0175. The summed E-state index contributed by atoms with van der Waals surface area (Å²) in [7, 11) is 0. The van der Waals surface area contributed by atoms with Crippen LogP contribution in [0.15, 0.2) is 48.5 Å². The van der Waals surface area contributed by atoms with Gasteiger partial charge in [0, 0.05) is 13.0 Å². The van der Waals surface area contributed by atoms with Crippen LogP contribution in [-0.4, -0.2) is 23.3 Å². The van der Waals surface area contributed by atoms with E-state index in [9.17, 15) is 0 Å². The second-order valence-corrected chi connectivity index (χ2v) is 7.14. The molecular weight excluding hydrogens is 352 g/mol. The van der Waals surface area contributed by atoms with Gasteiger partial charge in [-0.15, -0.1) is 0 Å². The second kappa shape index (κ2) is 6.98. The van der Waals surface area contributed by atoms with Crippen molar-refractivity contribution in [1.29, 1.82) is 0 Å². The number of nitrogens with zero attached hydrogens (tertiary/aromatic N) is 2. The van der Waals surface area contributed by atoms with Crippen LogP contribution in [0.5, 0.6) is 5.75 Å². The Morgan fingerprint density at radius 3 is 2.88 bits per heavy atom. The predicted octanol–water partition coefficient (Wildman–Crippen LogP) is 4.95. The number of fused-ring (bicyclic) bond motifs is 1. The molecule has 1 unspecified atom stereocenters. The maximum atomic E-state index is 6.00. The van der Waals surface area contributed by atoms with Crippen molar-refractivity contribution in [3.05, 3.63) is 54.1 Å². The highest BCUT2D eigenvalue weighted by Gasteiger charge is 2.28. The minimum Gasteiger partial charge on any atom is -0.494 e. The molecule has 1 fully saturated rings. The number of thiazole rings is 1. The third-order valence-electron chi connectivity index (χ3n) is 4.14. The molecule has 0 saturated carbocycles. The van der Waals surface area contributed by atoms with E-state index in [-0.39, 0.29) is 6.10 Å². The van der Waals surface area contributed by atoms with Gasteiger partial charge in [0.15, 0.2) is 5.13 Å². The molecule has 1 aromatic heterocycles. The van der Waals surface area contributed by atoms with Crippen LogP contribution in [0, 0.1) is 0 Å². The molecule has 0 radical (unpaired) electrons. The maximum Gasteiger partial charge on any atom is 0.266 e. The lowest BCUT2D eigenvalue weighted by Gasteiger charge is -2.32. The molecule has 0 bridgehead atoms. The molecular formula is C19H18N2O2S2. The van der Waals surface area contributed by atoms with Crippen LogP contribution in [0.25, 0.3) is 10.2 Å². The van der Waals surface area contributed by atoms with E-state index in [1.807, 2.05) is 48.2 Å². The van der Waals surface area contributed by atoms with Crippen LogP contribution >= 0.6 is 23.6 Å². The van der Waals surface area contributed by atoms with Gasteiger partial charge in [-0.1, -0.05) is 41.7 Å². The van der Waals surface area contributed by atoms with Gasteiger partial charge in [-0.25, -0.2) is 4.98 Å². The van der Waals surface area contributed by atoms with E-state index in [2.05, 4.69) is 12.1 Å². The van der Waals surface area contributed by atoms with Crippen LogP contribution in [-0.2, 0) is 4.74 Å². The Hall–Kier alpha value is -2.18. The van der Waals surface area contributed by atoms with E-state index < -0.39 is 0 Å². The highest BCUT2D eigenvalue weighted by atomic mass is 32.1. The quantitative estimate of drug-likeness (QED) is 0.607. The van der Waals surface area contributed by atoms with E-state index in [1.165, 1.54) is 0 Å². The first-order valence-corrected chi connectivity index (χ1v) is 9.53. The summed E-state index contributed by atoms with van der Waals surface area (Å²) in [4.78, 5) is 6.69. The molecule has 0 aliphatic carbocycles. The smallest absolute Gasteiger partial charge is 0.266 e. The predicted molar refractivity (Wildman–Crippen MR) is 106 cm³/mol. The lowest BCUT2D eigenvalue weighted by molar-refractivity contribution is 0.166. The highest BCUT2D eigenvalue weighted by Crippen LogP contribution is 2.35. The van der Waals surface area contributed by atoms with Gasteiger partial charge in [-0.05, 0) is 42.9 Å². The average Bonchev–Trinajstić information content (AvgIpc) is 3.05. The molecule has 1 atom stereocenters. The molecule has 1 aliphatic heterocycles. The first-order chi connectivity index (χ1) is 12.2. The average molecular weight is 370 g/mol. The van der Waals surface area contributed by atoms with Crippen molar-refractivity contribution in [3.8, 4) is 5.75 Å². The Kier molecular flexibility index (Phi) is 4.55. The molecule has 25 heavy (non-hydrogen) atoms. The molecule has 2 aromatic carbocycles. The number of ether oxygens (including phenoxy) is 2. The van der Waals surface area contributed by atoms with Crippen molar-refractivity contribution in [3.63, 3.8) is 0 Å². The zero-order valence-electron chi connectivity index (χ0n) is 13.8. The molecule has 1 aliphatic rings. The van der Waals surface area contributed by atoms with E-state index in [0.29, 0.717) is 11.8 Å². The molecule has 128 valence electrons. The van der Waals surface area contributed by atoms with Gasteiger partial charge < -0.3 is 9.47 Å². The normalized spacial score (nSPS) is 17.6. The summed E-state index contributed by atoms with van der Waals surface area (Å²) in [5, 5.41) is 1.37. The third-order valence-corrected chi connectivity index (χ3v) is 5.50. The van der Waals surface area contributed by atoms with E-state index in [4.69, 9.17) is 26.7 Å². The lowest BCUT2D eigenvalue weighted by Crippen LogP contribution is -2.38. The summed E-state index contributed by atoms with van der Waals surface area (Å²) in [6.45, 7) is 3.44. The van der Waals surface area contributed by atoms with Gasteiger partial charge in [-0.2, -0.15) is 0 Å². The standard InChI is InChI=1S/C19H18N2O2S2/c1-2-22-14-8-9-15-17(12-14)25-18(20-15)21-11-10-16(23-19(21)24)13-6-4-3-5-7-13/h3-9,12,16H,2,10-11H2,1H3. The Balaban J connectivity index is 1.54. The van der Waals surface area contributed by atoms with Crippen LogP contribution in [0.2, 0.25) is 0 Å². The van der Waals surface area contributed by atoms with Gasteiger partial charge in [-0.3, -0.25) is 4.90 Å². The largest absolute Gasteiger partial charge is 0.494 e. The Morgan fingerprint density at radius 2 is 2.12 bits per heavy atom. The second-order valence-electron chi connectivity index (χ2n) is 5.78. The fourth-order valence-corrected chi connectivity index (χ4v) is 4.29. The van der Waals surface area contributed by atoms with Gasteiger partial charge in [0.1, 0.15) is 11.9 Å². The number of anilines is 1. The van der Waals surface area contributed by atoms with Crippen molar-refractivity contribution >= 4 is 44.1 Å². The molecule has 1 saturated heterocycles. The number of aromatic nitrogens is 1. The first kappa shape index (κ1) is 16.3. The van der Waals surface area contributed by atoms with Crippen molar-refractivity contribution in [2.24, 2.45) is 0 Å². The summed E-state index contributed by atoms with van der Waals surface area (Å²) in [5.41, 5.74) is 2.12. The molecule has 0 spiro atoms. The zero-order chi connectivity index (χ0) is 17.2. The van der Waals surface area contributed by atoms with E-state index in [1.54, 1.807) is 11.3 Å². The molecule has 0 N–H and O–H groups in total. The summed E-state index contributed by atoms with van der Waals surface area (Å²) in [5.74, 6) is 0.867. The van der Waals surface area contributed by atoms with Crippen LogP contribution in [0.4, 0.5) is 5.13 Å². The van der Waals surface area contributed by atoms with Crippen molar-refractivity contribution in [2.75, 3.05) is 18.1 Å². The lowest BCUT2D eigenvalue weighted by atomic mass is 10.1. The van der Waals surface area contributed by atoms with E-state index >= 15 is 0 Å². The number of benzene rings is 2. The third kappa shape index (κ3) is 3.32. The van der Waals surface area contributed by atoms with Crippen molar-refractivity contribution < 1.29 is 9.47 Å².